The SMILES string of the molecule is CC(Cl)c1ncc(C(C)(C)S(C)(=O)=O)o1. The molecule has 0 aliphatic heterocycles. The molecule has 86 valence electrons. The minimum absolute atomic E-state index is 0.313. The van der Waals surface area contributed by atoms with Gasteiger partial charge >= 0.3 is 0 Å². The van der Waals surface area contributed by atoms with Gasteiger partial charge in [0, 0.05) is 6.26 Å². The Labute approximate surface area is 94.6 Å². The Kier molecular flexibility index (Phi) is 3.16. The predicted molar refractivity (Wildman–Crippen MR) is 58.6 cm³/mol. The molecule has 4 nitrogen and oxygen atoms in total. The fraction of sp³-hybridized carbons (Fsp3) is 0.667. The van der Waals surface area contributed by atoms with Gasteiger partial charge < -0.3 is 4.42 Å². The van der Waals surface area contributed by atoms with Crippen molar-refractivity contribution in [3.05, 3.63) is 17.8 Å². The quantitative estimate of drug-likeness (QED) is 0.773. The van der Waals surface area contributed by atoms with Gasteiger partial charge in [-0.15, -0.1) is 11.6 Å². The van der Waals surface area contributed by atoms with Crippen molar-refractivity contribution < 1.29 is 12.8 Å². The van der Waals surface area contributed by atoms with E-state index in [0.717, 1.165) is 0 Å². The molecular weight excluding hydrogens is 238 g/mol. The highest BCUT2D eigenvalue weighted by molar-refractivity contribution is 7.91. The molecule has 0 spiro atoms. The maximum absolute atomic E-state index is 11.5. The van der Waals surface area contributed by atoms with Gasteiger partial charge in [-0.05, 0) is 20.8 Å². The Bertz CT molecular complexity index is 448. The molecule has 0 amide bonds. The number of nitrogens with zero attached hydrogens (tertiary/aromatic N) is 1. The number of alkyl halides is 1. The molecule has 0 fully saturated rings. The van der Waals surface area contributed by atoms with Crippen LogP contribution in [0.2, 0.25) is 0 Å². The molecule has 0 aromatic carbocycles. The Hall–Kier alpha value is -0.550. The first-order valence-corrected chi connectivity index (χ1v) is 6.79. The summed E-state index contributed by atoms with van der Waals surface area (Å²) in [7, 11) is -3.24. The summed E-state index contributed by atoms with van der Waals surface area (Å²) in [6, 6.07) is 0. The second kappa shape index (κ2) is 3.79. The molecule has 1 heterocycles. The zero-order valence-corrected chi connectivity index (χ0v) is 10.7. The first-order chi connectivity index (χ1) is 6.66. The van der Waals surface area contributed by atoms with Crippen LogP contribution in [-0.4, -0.2) is 19.7 Å². The van der Waals surface area contributed by atoms with Crippen molar-refractivity contribution in [2.24, 2.45) is 0 Å². The van der Waals surface area contributed by atoms with Crippen LogP contribution in [0, 0.1) is 0 Å². The molecule has 0 aliphatic rings. The van der Waals surface area contributed by atoms with E-state index in [1.54, 1.807) is 20.8 Å². The lowest BCUT2D eigenvalue weighted by Gasteiger charge is -2.18. The summed E-state index contributed by atoms with van der Waals surface area (Å²) >= 11 is 5.78. The second-order valence-electron chi connectivity index (χ2n) is 3.96. The van der Waals surface area contributed by atoms with Crippen LogP contribution in [-0.2, 0) is 14.6 Å². The highest BCUT2D eigenvalue weighted by Crippen LogP contribution is 2.31. The van der Waals surface area contributed by atoms with Crippen molar-refractivity contribution in [1.29, 1.82) is 0 Å². The molecule has 1 atom stereocenters. The van der Waals surface area contributed by atoms with Crippen LogP contribution < -0.4 is 0 Å². The van der Waals surface area contributed by atoms with Gasteiger partial charge in [0.2, 0.25) is 5.89 Å². The van der Waals surface area contributed by atoms with Crippen LogP contribution in [0.3, 0.4) is 0 Å². The van der Waals surface area contributed by atoms with E-state index in [4.69, 9.17) is 16.0 Å². The maximum Gasteiger partial charge on any atom is 0.212 e. The van der Waals surface area contributed by atoms with E-state index in [1.165, 1.54) is 12.5 Å². The van der Waals surface area contributed by atoms with Gasteiger partial charge in [0.05, 0.1) is 6.20 Å². The Morgan fingerprint density at radius 3 is 2.40 bits per heavy atom. The number of oxazole rings is 1. The first kappa shape index (κ1) is 12.5. The molecule has 1 unspecified atom stereocenters. The van der Waals surface area contributed by atoms with E-state index in [-0.39, 0.29) is 5.38 Å². The highest BCUT2D eigenvalue weighted by Gasteiger charge is 2.36. The van der Waals surface area contributed by atoms with E-state index in [9.17, 15) is 8.42 Å². The monoisotopic (exact) mass is 251 g/mol. The second-order valence-corrected chi connectivity index (χ2v) is 7.18. The minimum Gasteiger partial charge on any atom is -0.442 e. The topological polar surface area (TPSA) is 60.2 Å². The van der Waals surface area contributed by atoms with Crippen LogP contribution in [0.5, 0.6) is 0 Å². The number of sulfone groups is 1. The molecular formula is C9H14ClNO3S. The number of halogens is 1. The van der Waals surface area contributed by atoms with Gasteiger partial charge in [-0.2, -0.15) is 0 Å². The molecule has 0 bridgehead atoms. The lowest BCUT2D eigenvalue weighted by atomic mass is 10.2. The van der Waals surface area contributed by atoms with Gasteiger partial charge in [-0.3, -0.25) is 0 Å². The van der Waals surface area contributed by atoms with E-state index in [1.807, 2.05) is 0 Å². The molecule has 0 aliphatic carbocycles. The van der Waals surface area contributed by atoms with Crippen molar-refractivity contribution >= 4 is 21.4 Å². The Balaban J connectivity index is 3.17. The summed E-state index contributed by atoms with van der Waals surface area (Å²) in [5.41, 5.74) is 0. The fourth-order valence-corrected chi connectivity index (χ4v) is 1.49. The molecule has 0 N–H and O–H groups in total. The molecule has 1 rings (SSSR count). The number of rotatable bonds is 3. The van der Waals surface area contributed by atoms with Crippen molar-refractivity contribution in [2.45, 2.75) is 30.9 Å². The van der Waals surface area contributed by atoms with Gasteiger partial charge in [0.1, 0.15) is 15.9 Å². The standard InChI is InChI=1S/C9H14ClNO3S/c1-6(10)8-11-5-7(14-8)9(2,3)15(4,12)13/h5-6H,1-4H3. The zero-order valence-electron chi connectivity index (χ0n) is 9.11. The number of hydrogen-bond acceptors (Lipinski definition) is 4. The van der Waals surface area contributed by atoms with E-state index < -0.39 is 14.6 Å². The average molecular weight is 252 g/mol. The average Bonchev–Trinajstić information content (AvgIpc) is 2.49. The predicted octanol–water partition coefficient (Wildman–Crippen LogP) is 2.25. The van der Waals surface area contributed by atoms with E-state index >= 15 is 0 Å². The third kappa shape index (κ3) is 2.34. The third-order valence-corrected chi connectivity index (χ3v) is 4.63. The van der Waals surface area contributed by atoms with E-state index in [0.29, 0.717) is 11.7 Å². The third-order valence-electron chi connectivity index (χ3n) is 2.38. The van der Waals surface area contributed by atoms with Gasteiger partial charge in [-0.25, -0.2) is 13.4 Å². The molecule has 15 heavy (non-hydrogen) atoms. The summed E-state index contributed by atoms with van der Waals surface area (Å²) in [5, 5.41) is -0.367. The summed E-state index contributed by atoms with van der Waals surface area (Å²) in [6.45, 7) is 4.86. The van der Waals surface area contributed by atoms with Crippen LogP contribution in [0.25, 0.3) is 0 Å². The fourth-order valence-electron chi connectivity index (χ4n) is 0.933. The largest absolute Gasteiger partial charge is 0.442 e. The minimum atomic E-state index is -3.24. The van der Waals surface area contributed by atoms with Gasteiger partial charge in [0.15, 0.2) is 9.84 Å². The molecule has 1 aromatic heterocycles. The lowest BCUT2D eigenvalue weighted by molar-refractivity contribution is 0.414. The number of aromatic nitrogens is 1. The summed E-state index contributed by atoms with van der Waals surface area (Å²) < 4.78 is 27.3. The molecule has 6 heteroatoms. The van der Waals surface area contributed by atoms with E-state index in [2.05, 4.69) is 4.98 Å². The maximum atomic E-state index is 11.5. The summed E-state index contributed by atoms with van der Waals surface area (Å²) in [4.78, 5) is 3.93. The van der Waals surface area contributed by atoms with Crippen LogP contribution in [0.4, 0.5) is 0 Å². The smallest absolute Gasteiger partial charge is 0.212 e. The lowest BCUT2D eigenvalue weighted by Crippen LogP contribution is -2.27. The summed E-state index contributed by atoms with van der Waals surface area (Å²) in [5.74, 6) is 0.649. The van der Waals surface area contributed by atoms with Crippen molar-refractivity contribution in [3.8, 4) is 0 Å². The van der Waals surface area contributed by atoms with Gasteiger partial charge in [0.25, 0.3) is 0 Å². The molecule has 0 saturated carbocycles. The Morgan fingerprint density at radius 1 is 1.53 bits per heavy atom. The normalized spacial score (nSPS) is 15.3. The zero-order chi connectivity index (χ0) is 11.9. The molecule has 1 aromatic rings. The molecule has 0 saturated heterocycles. The molecule has 0 radical (unpaired) electrons. The van der Waals surface area contributed by atoms with Crippen molar-refractivity contribution in [2.75, 3.05) is 6.26 Å². The highest BCUT2D eigenvalue weighted by atomic mass is 35.5. The number of hydrogen-bond donors (Lipinski definition) is 0. The van der Waals surface area contributed by atoms with Crippen molar-refractivity contribution in [1.82, 2.24) is 4.98 Å². The van der Waals surface area contributed by atoms with Crippen molar-refractivity contribution in [3.63, 3.8) is 0 Å². The van der Waals surface area contributed by atoms with Crippen LogP contribution in [0.1, 0.15) is 37.8 Å². The summed E-state index contributed by atoms with van der Waals surface area (Å²) in [6.07, 6.45) is 2.58. The van der Waals surface area contributed by atoms with Crippen LogP contribution in [0.15, 0.2) is 10.6 Å². The first-order valence-electron chi connectivity index (χ1n) is 4.46. The van der Waals surface area contributed by atoms with Gasteiger partial charge in [-0.1, -0.05) is 0 Å². The Morgan fingerprint density at radius 2 is 2.07 bits per heavy atom. The van der Waals surface area contributed by atoms with Crippen LogP contribution >= 0.6 is 11.6 Å².